The van der Waals surface area contributed by atoms with Gasteiger partial charge < -0.3 is 35.8 Å². The molecule has 8 nitrogen and oxygen atoms in total. The highest BCUT2D eigenvalue weighted by Crippen LogP contribution is 2.19. The smallest absolute Gasteiger partial charge is 0.251 e. The summed E-state index contributed by atoms with van der Waals surface area (Å²) < 4.78 is 6.07. The van der Waals surface area contributed by atoms with Crippen molar-refractivity contribution in [3.63, 3.8) is 0 Å². The zero-order chi connectivity index (χ0) is 17.7. The first-order chi connectivity index (χ1) is 11.4. The number of hydrogen-bond donors (Lipinski definition) is 6. The zero-order valence-corrected chi connectivity index (χ0v) is 15.0. The lowest BCUT2D eigenvalue weighted by Gasteiger charge is -2.40. The van der Waals surface area contributed by atoms with Crippen LogP contribution in [0.1, 0.15) is 10.4 Å². The molecule has 0 saturated carbocycles. The largest absolute Gasteiger partial charge is 0.394 e. The molecule has 1 aliphatic heterocycles. The SMILES string of the molecule is O=C(NCCNC1C(O)OC(CO)C(O)C1O)c1ccc(I)cc1. The van der Waals surface area contributed by atoms with E-state index in [4.69, 9.17) is 9.84 Å². The molecule has 1 amide bonds. The molecule has 5 unspecified atom stereocenters. The fourth-order valence-electron chi connectivity index (χ4n) is 2.44. The minimum absolute atomic E-state index is 0.227. The number of hydrogen-bond acceptors (Lipinski definition) is 7. The van der Waals surface area contributed by atoms with Gasteiger partial charge in [0.15, 0.2) is 6.29 Å². The Labute approximate surface area is 153 Å². The van der Waals surface area contributed by atoms with Crippen LogP contribution in [0.4, 0.5) is 0 Å². The molecule has 1 aromatic carbocycles. The Balaban J connectivity index is 1.77. The molecule has 9 heteroatoms. The van der Waals surface area contributed by atoms with E-state index in [9.17, 15) is 20.1 Å². The number of ether oxygens (including phenoxy) is 1. The highest BCUT2D eigenvalue weighted by atomic mass is 127. The van der Waals surface area contributed by atoms with Gasteiger partial charge in [-0.15, -0.1) is 0 Å². The average molecular weight is 452 g/mol. The maximum absolute atomic E-state index is 11.9. The first-order valence-electron chi connectivity index (χ1n) is 7.51. The van der Waals surface area contributed by atoms with Crippen LogP contribution in [0.15, 0.2) is 24.3 Å². The van der Waals surface area contributed by atoms with Crippen molar-refractivity contribution in [2.45, 2.75) is 30.6 Å². The van der Waals surface area contributed by atoms with Gasteiger partial charge in [-0.3, -0.25) is 4.79 Å². The van der Waals surface area contributed by atoms with E-state index >= 15 is 0 Å². The number of halogens is 1. The Morgan fingerprint density at radius 3 is 2.42 bits per heavy atom. The topological polar surface area (TPSA) is 131 Å². The first-order valence-corrected chi connectivity index (χ1v) is 8.59. The molecule has 134 valence electrons. The third-order valence-corrected chi connectivity index (χ3v) is 4.52. The zero-order valence-electron chi connectivity index (χ0n) is 12.8. The van der Waals surface area contributed by atoms with E-state index in [1.54, 1.807) is 12.1 Å². The second-order valence-electron chi connectivity index (χ2n) is 5.47. The van der Waals surface area contributed by atoms with E-state index < -0.39 is 37.3 Å². The number of rotatable bonds is 6. The average Bonchev–Trinajstić information content (AvgIpc) is 2.57. The van der Waals surface area contributed by atoms with Crippen LogP contribution in [-0.2, 0) is 4.74 Å². The van der Waals surface area contributed by atoms with Gasteiger partial charge in [-0.1, -0.05) is 0 Å². The highest BCUT2D eigenvalue weighted by molar-refractivity contribution is 14.1. The molecule has 1 heterocycles. The predicted octanol–water partition coefficient (Wildman–Crippen LogP) is -1.59. The van der Waals surface area contributed by atoms with Crippen molar-refractivity contribution < 1.29 is 30.0 Å². The molecule has 0 radical (unpaired) electrons. The maximum atomic E-state index is 11.9. The Morgan fingerprint density at radius 2 is 1.79 bits per heavy atom. The van der Waals surface area contributed by atoms with Crippen LogP contribution in [0.3, 0.4) is 0 Å². The lowest BCUT2D eigenvalue weighted by atomic mass is 9.97. The second-order valence-corrected chi connectivity index (χ2v) is 6.72. The normalized spacial score (nSPS) is 30.1. The predicted molar refractivity (Wildman–Crippen MR) is 93.3 cm³/mol. The third kappa shape index (κ3) is 4.85. The third-order valence-electron chi connectivity index (χ3n) is 3.80. The van der Waals surface area contributed by atoms with Crippen molar-refractivity contribution in [3.05, 3.63) is 33.4 Å². The van der Waals surface area contributed by atoms with Gasteiger partial charge in [-0.05, 0) is 46.9 Å². The molecule has 5 atom stereocenters. The Bertz CT molecular complexity index is 543. The number of aliphatic hydroxyl groups excluding tert-OH is 4. The fraction of sp³-hybridized carbons (Fsp3) is 0.533. The van der Waals surface area contributed by atoms with Crippen molar-refractivity contribution in [1.29, 1.82) is 0 Å². The summed E-state index contributed by atoms with van der Waals surface area (Å²) in [5.74, 6) is -0.227. The second kappa shape index (κ2) is 9.04. The van der Waals surface area contributed by atoms with E-state index in [0.717, 1.165) is 3.57 Å². The summed E-state index contributed by atoms with van der Waals surface area (Å²) in [4.78, 5) is 11.9. The number of carbonyl (C=O) groups is 1. The van der Waals surface area contributed by atoms with Gasteiger partial charge in [0.2, 0.25) is 0 Å². The first kappa shape index (κ1) is 19.5. The molecular weight excluding hydrogens is 431 g/mol. The van der Waals surface area contributed by atoms with Crippen molar-refractivity contribution in [3.8, 4) is 0 Å². The molecule has 1 fully saturated rings. The van der Waals surface area contributed by atoms with Crippen LogP contribution in [0.25, 0.3) is 0 Å². The van der Waals surface area contributed by atoms with Gasteiger partial charge in [-0.25, -0.2) is 0 Å². The quantitative estimate of drug-likeness (QED) is 0.227. The molecular formula is C15H21IN2O6. The van der Waals surface area contributed by atoms with Crippen LogP contribution in [0.5, 0.6) is 0 Å². The van der Waals surface area contributed by atoms with Crippen LogP contribution in [0, 0.1) is 3.57 Å². The number of nitrogens with one attached hydrogen (secondary N) is 2. The summed E-state index contributed by atoms with van der Waals surface area (Å²) in [6.45, 7) is 0.0170. The van der Waals surface area contributed by atoms with Crippen LogP contribution < -0.4 is 10.6 Å². The van der Waals surface area contributed by atoms with E-state index in [-0.39, 0.29) is 19.0 Å². The van der Waals surface area contributed by atoms with E-state index in [1.165, 1.54) is 0 Å². The highest BCUT2D eigenvalue weighted by Gasteiger charge is 2.43. The molecule has 0 aromatic heterocycles. The summed E-state index contributed by atoms with van der Waals surface area (Å²) in [6, 6.07) is 6.19. The molecule has 0 aliphatic carbocycles. The number of aliphatic hydroxyl groups is 4. The van der Waals surface area contributed by atoms with Crippen LogP contribution in [0.2, 0.25) is 0 Å². The molecule has 6 N–H and O–H groups in total. The van der Waals surface area contributed by atoms with E-state index in [0.29, 0.717) is 5.56 Å². The van der Waals surface area contributed by atoms with Crippen LogP contribution in [-0.4, -0.2) is 76.7 Å². The Morgan fingerprint density at radius 1 is 1.12 bits per heavy atom. The molecule has 1 aromatic rings. The number of benzene rings is 1. The number of carbonyl (C=O) groups excluding carboxylic acids is 1. The molecule has 1 saturated heterocycles. The molecule has 2 rings (SSSR count). The molecule has 0 spiro atoms. The van der Waals surface area contributed by atoms with Crippen LogP contribution >= 0.6 is 22.6 Å². The minimum atomic E-state index is -1.37. The van der Waals surface area contributed by atoms with E-state index in [2.05, 4.69) is 33.2 Å². The van der Waals surface area contributed by atoms with Gasteiger partial charge in [0.25, 0.3) is 5.91 Å². The van der Waals surface area contributed by atoms with Crippen molar-refractivity contribution in [1.82, 2.24) is 10.6 Å². The molecule has 1 aliphatic rings. The van der Waals surface area contributed by atoms with Gasteiger partial charge in [0.1, 0.15) is 18.3 Å². The van der Waals surface area contributed by atoms with Crippen molar-refractivity contribution >= 4 is 28.5 Å². The summed E-state index contributed by atoms with van der Waals surface area (Å²) in [5.41, 5.74) is 0.540. The van der Waals surface area contributed by atoms with Gasteiger partial charge in [0.05, 0.1) is 12.6 Å². The minimum Gasteiger partial charge on any atom is -0.394 e. The maximum Gasteiger partial charge on any atom is 0.251 e. The molecule has 24 heavy (non-hydrogen) atoms. The van der Waals surface area contributed by atoms with E-state index in [1.807, 2.05) is 12.1 Å². The van der Waals surface area contributed by atoms with Gasteiger partial charge in [0, 0.05) is 22.2 Å². The summed E-state index contributed by atoms with van der Waals surface area (Å²) in [5, 5.41) is 44.1. The molecule has 0 bridgehead atoms. The monoisotopic (exact) mass is 452 g/mol. The van der Waals surface area contributed by atoms with Gasteiger partial charge in [-0.2, -0.15) is 0 Å². The standard InChI is InChI=1S/C15H21IN2O6/c16-9-3-1-8(2-4-9)14(22)18-6-5-17-11-13(21)12(20)10(7-19)24-15(11)23/h1-4,10-13,15,17,19-21,23H,5-7H2,(H,18,22). The lowest BCUT2D eigenvalue weighted by Crippen LogP contribution is -2.63. The summed E-state index contributed by atoms with van der Waals surface area (Å²) in [7, 11) is 0. The Hall–Kier alpha value is -0.820. The Kier molecular flexibility index (Phi) is 7.34. The summed E-state index contributed by atoms with van der Waals surface area (Å²) in [6.07, 6.45) is -5.00. The van der Waals surface area contributed by atoms with Crippen molar-refractivity contribution in [2.75, 3.05) is 19.7 Å². The number of amides is 1. The van der Waals surface area contributed by atoms with Crippen molar-refractivity contribution in [2.24, 2.45) is 0 Å². The summed E-state index contributed by atoms with van der Waals surface area (Å²) >= 11 is 2.15. The fourth-order valence-corrected chi connectivity index (χ4v) is 2.80. The lowest BCUT2D eigenvalue weighted by molar-refractivity contribution is -0.254. The van der Waals surface area contributed by atoms with Gasteiger partial charge >= 0.3 is 0 Å².